The summed E-state index contributed by atoms with van der Waals surface area (Å²) in [6.45, 7) is 0.162. The molecule has 0 saturated heterocycles. The standard InChI is InChI=1S/C10H13NO2/c1-13-7-10(12)6-8-3-2-4-9(11)5-8/h2-5H,6-7,11H2,1H3. The Morgan fingerprint density at radius 2 is 2.31 bits per heavy atom. The highest BCUT2D eigenvalue weighted by molar-refractivity contribution is 5.82. The zero-order valence-electron chi connectivity index (χ0n) is 7.62. The minimum absolute atomic E-state index is 0.0631. The van der Waals surface area contributed by atoms with E-state index in [1.807, 2.05) is 12.1 Å². The van der Waals surface area contributed by atoms with Crippen molar-refractivity contribution in [2.45, 2.75) is 6.42 Å². The van der Waals surface area contributed by atoms with E-state index in [1.165, 1.54) is 7.11 Å². The molecular formula is C10H13NO2. The number of anilines is 1. The molecule has 0 aromatic heterocycles. The molecule has 1 rings (SSSR count). The van der Waals surface area contributed by atoms with Crippen LogP contribution in [0.2, 0.25) is 0 Å². The molecule has 2 N–H and O–H groups in total. The molecule has 13 heavy (non-hydrogen) atoms. The fourth-order valence-electron chi connectivity index (χ4n) is 1.14. The molecule has 0 aliphatic rings. The van der Waals surface area contributed by atoms with E-state index in [0.29, 0.717) is 12.1 Å². The second-order valence-corrected chi connectivity index (χ2v) is 2.89. The average molecular weight is 179 g/mol. The number of Topliss-reactive ketones (excluding diaryl/α,β-unsaturated/α-hetero) is 1. The molecule has 0 bridgehead atoms. The van der Waals surface area contributed by atoms with E-state index < -0.39 is 0 Å². The molecule has 0 amide bonds. The first-order valence-corrected chi connectivity index (χ1v) is 4.07. The lowest BCUT2D eigenvalue weighted by molar-refractivity contribution is -0.121. The number of carbonyl (C=O) groups excluding carboxylic acids is 1. The number of nitrogen functional groups attached to an aromatic ring is 1. The van der Waals surface area contributed by atoms with Gasteiger partial charge in [-0.3, -0.25) is 4.79 Å². The van der Waals surface area contributed by atoms with Gasteiger partial charge in [-0.15, -0.1) is 0 Å². The van der Waals surface area contributed by atoms with Crippen LogP contribution in [0.25, 0.3) is 0 Å². The van der Waals surface area contributed by atoms with Crippen LogP contribution in [0.3, 0.4) is 0 Å². The Hall–Kier alpha value is -1.35. The Bertz CT molecular complexity index is 297. The third kappa shape index (κ3) is 3.25. The van der Waals surface area contributed by atoms with Crippen LogP contribution in [-0.2, 0) is 16.0 Å². The predicted molar refractivity (Wildman–Crippen MR) is 51.4 cm³/mol. The van der Waals surface area contributed by atoms with E-state index in [-0.39, 0.29) is 12.4 Å². The molecule has 0 aliphatic heterocycles. The Balaban J connectivity index is 2.58. The van der Waals surface area contributed by atoms with Crippen molar-refractivity contribution in [1.82, 2.24) is 0 Å². The van der Waals surface area contributed by atoms with Gasteiger partial charge in [0, 0.05) is 19.2 Å². The Morgan fingerprint density at radius 1 is 1.54 bits per heavy atom. The highest BCUT2D eigenvalue weighted by atomic mass is 16.5. The van der Waals surface area contributed by atoms with Crippen LogP contribution in [0.4, 0.5) is 5.69 Å². The minimum atomic E-state index is 0.0631. The molecular weight excluding hydrogens is 166 g/mol. The zero-order chi connectivity index (χ0) is 9.68. The molecule has 0 atom stereocenters. The number of nitrogens with two attached hydrogens (primary N) is 1. The molecule has 70 valence electrons. The van der Waals surface area contributed by atoms with Gasteiger partial charge < -0.3 is 10.5 Å². The Kier molecular flexibility index (Phi) is 3.46. The number of benzene rings is 1. The monoisotopic (exact) mass is 179 g/mol. The van der Waals surface area contributed by atoms with Gasteiger partial charge >= 0.3 is 0 Å². The lowest BCUT2D eigenvalue weighted by Gasteiger charge is -2.00. The van der Waals surface area contributed by atoms with E-state index in [0.717, 1.165) is 5.56 Å². The van der Waals surface area contributed by atoms with Crippen molar-refractivity contribution in [2.24, 2.45) is 0 Å². The van der Waals surface area contributed by atoms with Crippen molar-refractivity contribution >= 4 is 11.5 Å². The lowest BCUT2D eigenvalue weighted by Crippen LogP contribution is -2.09. The predicted octanol–water partition coefficient (Wildman–Crippen LogP) is 1.03. The average Bonchev–Trinajstić information content (AvgIpc) is 2.04. The fourth-order valence-corrected chi connectivity index (χ4v) is 1.14. The summed E-state index contributed by atoms with van der Waals surface area (Å²) in [4.78, 5) is 11.2. The first-order valence-electron chi connectivity index (χ1n) is 4.07. The van der Waals surface area contributed by atoms with Crippen LogP contribution < -0.4 is 5.73 Å². The summed E-state index contributed by atoms with van der Waals surface area (Å²) < 4.78 is 4.73. The van der Waals surface area contributed by atoms with Gasteiger partial charge in [0.1, 0.15) is 6.61 Å². The highest BCUT2D eigenvalue weighted by Gasteiger charge is 2.02. The van der Waals surface area contributed by atoms with Gasteiger partial charge in [-0.05, 0) is 17.7 Å². The SMILES string of the molecule is COCC(=O)Cc1cccc(N)c1. The largest absolute Gasteiger partial charge is 0.399 e. The van der Waals surface area contributed by atoms with Crippen molar-refractivity contribution in [1.29, 1.82) is 0 Å². The third-order valence-corrected chi connectivity index (χ3v) is 1.66. The quantitative estimate of drug-likeness (QED) is 0.702. The first-order chi connectivity index (χ1) is 6.22. The van der Waals surface area contributed by atoms with E-state index in [2.05, 4.69) is 0 Å². The lowest BCUT2D eigenvalue weighted by atomic mass is 10.1. The highest BCUT2D eigenvalue weighted by Crippen LogP contribution is 2.07. The van der Waals surface area contributed by atoms with Crippen LogP contribution >= 0.6 is 0 Å². The molecule has 0 spiro atoms. The molecule has 0 heterocycles. The van der Waals surface area contributed by atoms with Crippen molar-refractivity contribution < 1.29 is 9.53 Å². The van der Waals surface area contributed by atoms with Gasteiger partial charge in [0.25, 0.3) is 0 Å². The maximum Gasteiger partial charge on any atom is 0.162 e. The molecule has 1 aromatic carbocycles. The fraction of sp³-hybridized carbons (Fsp3) is 0.300. The molecule has 0 fully saturated rings. The van der Waals surface area contributed by atoms with Gasteiger partial charge in [0.15, 0.2) is 5.78 Å². The van der Waals surface area contributed by atoms with Gasteiger partial charge in [0.05, 0.1) is 0 Å². The van der Waals surface area contributed by atoms with Gasteiger partial charge in [0.2, 0.25) is 0 Å². The summed E-state index contributed by atoms with van der Waals surface area (Å²) in [6.07, 6.45) is 0.388. The molecule has 0 radical (unpaired) electrons. The van der Waals surface area contributed by atoms with E-state index >= 15 is 0 Å². The van der Waals surface area contributed by atoms with E-state index in [1.54, 1.807) is 12.1 Å². The van der Waals surface area contributed by atoms with E-state index in [4.69, 9.17) is 10.5 Å². The number of ketones is 1. The number of methoxy groups -OCH3 is 1. The normalized spacial score (nSPS) is 9.92. The van der Waals surface area contributed by atoms with Crippen LogP contribution in [-0.4, -0.2) is 19.5 Å². The number of carbonyl (C=O) groups is 1. The van der Waals surface area contributed by atoms with Crippen LogP contribution in [0.1, 0.15) is 5.56 Å². The first kappa shape index (κ1) is 9.74. The topological polar surface area (TPSA) is 52.3 Å². The molecule has 0 aliphatic carbocycles. The summed E-state index contributed by atoms with van der Waals surface area (Å²) in [6, 6.07) is 7.31. The third-order valence-electron chi connectivity index (χ3n) is 1.66. The maximum atomic E-state index is 11.2. The van der Waals surface area contributed by atoms with Crippen molar-refractivity contribution in [3.05, 3.63) is 29.8 Å². The summed E-state index contributed by atoms with van der Waals surface area (Å²) in [7, 11) is 1.51. The molecule has 1 aromatic rings. The number of hydrogen-bond acceptors (Lipinski definition) is 3. The van der Waals surface area contributed by atoms with Crippen LogP contribution in [0.5, 0.6) is 0 Å². The van der Waals surface area contributed by atoms with Crippen LogP contribution in [0, 0.1) is 0 Å². The number of ether oxygens (including phenoxy) is 1. The van der Waals surface area contributed by atoms with Gasteiger partial charge in [-0.1, -0.05) is 12.1 Å². The smallest absolute Gasteiger partial charge is 0.162 e. The minimum Gasteiger partial charge on any atom is -0.399 e. The maximum absolute atomic E-state index is 11.2. The Morgan fingerprint density at radius 3 is 2.92 bits per heavy atom. The van der Waals surface area contributed by atoms with Crippen LogP contribution in [0.15, 0.2) is 24.3 Å². The summed E-state index contributed by atoms with van der Waals surface area (Å²) in [5.41, 5.74) is 7.18. The molecule has 0 saturated carbocycles. The van der Waals surface area contributed by atoms with Gasteiger partial charge in [-0.2, -0.15) is 0 Å². The Labute approximate surface area is 77.5 Å². The van der Waals surface area contributed by atoms with Gasteiger partial charge in [-0.25, -0.2) is 0 Å². The summed E-state index contributed by atoms with van der Waals surface area (Å²) >= 11 is 0. The second-order valence-electron chi connectivity index (χ2n) is 2.89. The molecule has 3 nitrogen and oxygen atoms in total. The van der Waals surface area contributed by atoms with Crippen molar-refractivity contribution in [3.63, 3.8) is 0 Å². The van der Waals surface area contributed by atoms with Crippen molar-refractivity contribution in [3.8, 4) is 0 Å². The molecule has 3 heteroatoms. The number of rotatable bonds is 4. The summed E-state index contributed by atoms with van der Waals surface area (Å²) in [5, 5.41) is 0. The molecule has 0 unspecified atom stereocenters. The number of hydrogen-bond donors (Lipinski definition) is 1. The summed E-state index contributed by atoms with van der Waals surface area (Å²) in [5.74, 6) is 0.0631. The second kappa shape index (κ2) is 4.62. The van der Waals surface area contributed by atoms with E-state index in [9.17, 15) is 4.79 Å². The zero-order valence-corrected chi connectivity index (χ0v) is 7.62. The van der Waals surface area contributed by atoms with Crippen molar-refractivity contribution in [2.75, 3.05) is 19.5 Å².